The molecular weight excluding hydrogens is 228 g/mol. The molecule has 1 heterocycles. The van der Waals surface area contributed by atoms with E-state index in [1.807, 2.05) is 6.92 Å². The summed E-state index contributed by atoms with van der Waals surface area (Å²) >= 11 is 0. The molecule has 1 aliphatic carbocycles. The molecule has 1 amide bonds. The number of rotatable bonds is 5. The second kappa shape index (κ2) is 6.02. The number of nitrogens with one attached hydrogen (secondary N) is 1. The van der Waals surface area contributed by atoms with Gasteiger partial charge in [-0.2, -0.15) is 0 Å². The maximum Gasteiger partial charge on any atom is 0.237 e. The van der Waals surface area contributed by atoms with Crippen molar-refractivity contribution in [3.05, 3.63) is 0 Å². The molecule has 1 saturated heterocycles. The highest BCUT2D eigenvalue weighted by Crippen LogP contribution is 2.32. The van der Waals surface area contributed by atoms with Crippen molar-refractivity contribution in [1.29, 1.82) is 0 Å². The lowest BCUT2D eigenvalue weighted by Crippen LogP contribution is -2.59. The minimum Gasteiger partial charge on any atom is -0.377 e. The Morgan fingerprint density at radius 3 is 2.56 bits per heavy atom. The highest BCUT2D eigenvalue weighted by Gasteiger charge is 2.40. The standard InChI is InChI=1S/C14H26N2O2/c1-14(13(15)17,11-6-3-2-4-7-11)16-10-12-8-5-9-18-12/h11-12,16H,2-10H2,1H3,(H2,15,17). The molecule has 0 spiro atoms. The largest absolute Gasteiger partial charge is 0.377 e. The molecule has 2 fully saturated rings. The van der Waals surface area contributed by atoms with Crippen LogP contribution in [0.5, 0.6) is 0 Å². The maximum atomic E-state index is 11.8. The van der Waals surface area contributed by atoms with Gasteiger partial charge in [0.2, 0.25) is 5.91 Å². The van der Waals surface area contributed by atoms with E-state index in [1.165, 1.54) is 19.3 Å². The van der Waals surface area contributed by atoms with Crippen LogP contribution in [0, 0.1) is 5.92 Å². The van der Waals surface area contributed by atoms with Crippen LogP contribution < -0.4 is 11.1 Å². The topological polar surface area (TPSA) is 64.3 Å². The van der Waals surface area contributed by atoms with Gasteiger partial charge >= 0.3 is 0 Å². The molecule has 0 aromatic carbocycles. The number of amides is 1. The Balaban J connectivity index is 1.93. The number of ether oxygens (including phenoxy) is 1. The molecule has 1 saturated carbocycles. The first-order valence-corrected chi connectivity index (χ1v) is 7.29. The number of nitrogens with two attached hydrogens (primary N) is 1. The Morgan fingerprint density at radius 1 is 1.28 bits per heavy atom. The van der Waals surface area contributed by atoms with Crippen LogP contribution in [0.2, 0.25) is 0 Å². The van der Waals surface area contributed by atoms with Crippen molar-refractivity contribution in [2.45, 2.75) is 63.5 Å². The molecule has 0 aromatic heterocycles. The minimum absolute atomic E-state index is 0.215. The molecule has 104 valence electrons. The van der Waals surface area contributed by atoms with Crippen LogP contribution in [-0.4, -0.2) is 30.7 Å². The predicted octanol–water partition coefficient (Wildman–Crippen LogP) is 1.58. The lowest BCUT2D eigenvalue weighted by molar-refractivity contribution is -0.126. The summed E-state index contributed by atoms with van der Waals surface area (Å²) in [6.07, 6.45) is 8.42. The van der Waals surface area contributed by atoms with E-state index in [-0.39, 0.29) is 12.0 Å². The van der Waals surface area contributed by atoms with Gasteiger partial charge in [0.05, 0.1) is 11.6 Å². The van der Waals surface area contributed by atoms with Gasteiger partial charge in [0, 0.05) is 13.2 Å². The monoisotopic (exact) mass is 254 g/mol. The van der Waals surface area contributed by atoms with Gasteiger partial charge in [0.25, 0.3) is 0 Å². The van der Waals surface area contributed by atoms with E-state index in [4.69, 9.17) is 10.5 Å². The first kappa shape index (κ1) is 13.8. The summed E-state index contributed by atoms with van der Waals surface area (Å²) in [4.78, 5) is 11.8. The van der Waals surface area contributed by atoms with Gasteiger partial charge in [-0.1, -0.05) is 19.3 Å². The summed E-state index contributed by atoms with van der Waals surface area (Å²) < 4.78 is 5.60. The Morgan fingerprint density at radius 2 is 2.00 bits per heavy atom. The SMILES string of the molecule is CC(NCC1CCCO1)(C(N)=O)C1CCCCC1. The zero-order valence-electron chi connectivity index (χ0n) is 11.4. The molecule has 2 unspecified atom stereocenters. The number of carbonyl (C=O) groups is 1. The van der Waals surface area contributed by atoms with Gasteiger partial charge in [-0.3, -0.25) is 4.79 Å². The third-order valence-electron chi connectivity index (χ3n) is 4.65. The maximum absolute atomic E-state index is 11.8. The van der Waals surface area contributed by atoms with Crippen molar-refractivity contribution < 1.29 is 9.53 Å². The average molecular weight is 254 g/mol. The van der Waals surface area contributed by atoms with E-state index < -0.39 is 5.54 Å². The van der Waals surface area contributed by atoms with Crippen molar-refractivity contribution in [3.63, 3.8) is 0 Å². The van der Waals surface area contributed by atoms with Gasteiger partial charge < -0.3 is 15.8 Å². The van der Waals surface area contributed by atoms with Crippen molar-refractivity contribution in [1.82, 2.24) is 5.32 Å². The van der Waals surface area contributed by atoms with E-state index in [0.717, 1.165) is 38.8 Å². The smallest absolute Gasteiger partial charge is 0.237 e. The molecule has 0 bridgehead atoms. The average Bonchev–Trinajstić information content (AvgIpc) is 2.90. The van der Waals surface area contributed by atoms with Crippen molar-refractivity contribution in [3.8, 4) is 0 Å². The van der Waals surface area contributed by atoms with Gasteiger partial charge in [0.15, 0.2) is 0 Å². The fourth-order valence-electron chi connectivity index (χ4n) is 3.24. The molecule has 0 aromatic rings. The summed E-state index contributed by atoms with van der Waals surface area (Å²) in [6, 6.07) is 0. The van der Waals surface area contributed by atoms with E-state index in [0.29, 0.717) is 5.92 Å². The predicted molar refractivity (Wildman–Crippen MR) is 71.2 cm³/mol. The summed E-state index contributed by atoms with van der Waals surface area (Å²) in [7, 11) is 0. The molecule has 4 heteroatoms. The highest BCUT2D eigenvalue weighted by molar-refractivity contribution is 5.84. The third kappa shape index (κ3) is 3.04. The van der Waals surface area contributed by atoms with E-state index in [1.54, 1.807) is 0 Å². The van der Waals surface area contributed by atoms with E-state index >= 15 is 0 Å². The zero-order valence-corrected chi connectivity index (χ0v) is 11.4. The molecule has 2 atom stereocenters. The molecule has 2 aliphatic rings. The zero-order chi connectivity index (χ0) is 13.0. The fourth-order valence-corrected chi connectivity index (χ4v) is 3.24. The van der Waals surface area contributed by atoms with Crippen molar-refractivity contribution >= 4 is 5.91 Å². The Bertz CT molecular complexity index is 284. The Kier molecular flexibility index (Phi) is 4.62. The first-order chi connectivity index (χ1) is 8.63. The molecule has 0 radical (unpaired) electrons. The first-order valence-electron chi connectivity index (χ1n) is 7.29. The van der Waals surface area contributed by atoms with Crippen LogP contribution in [-0.2, 0) is 9.53 Å². The molecule has 18 heavy (non-hydrogen) atoms. The minimum atomic E-state index is -0.563. The number of primary amides is 1. The van der Waals surface area contributed by atoms with Crippen molar-refractivity contribution in [2.24, 2.45) is 11.7 Å². The highest BCUT2D eigenvalue weighted by atomic mass is 16.5. The second-order valence-corrected chi connectivity index (χ2v) is 5.92. The van der Waals surface area contributed by atoms with Crippen LogP contribution in [0.3, 0.4) is 0 Å². The summed E-state index contributed by atoms with van der Waals surface area (Å²) in [5.41, 5.74) is 5.08. The molecule has 4 nitrogen and oxygen atoms in total. The van der Waals surface area contributed by atoms with Crippen LogP contribution in [0.15, 0.2) is 0 Å². The Labute approximate surface area is 110 Å². The molecule has 1 aliphatic heterocycles. The summed E-state index contributed by atoms with van der Waals surface area (Å²) in [5.74, 6) is 0.164. The number of carbonyl (C=O) groups excluding carboxylic acids is 1. The van der Waals surface area contributed by atoms with Crippen LogP contribution in [0.25, 0.3) is 0 Å². The number of hydrogen-bond donors (Lipinski definition) is 2. The van der Waals surface area contributed by atoms with Gasteiger partial charge in [-0.15, -0.1) is 0 Å². The van der Waals surface area contributed by atoms with E-state index in [9.17, 15) is 4.79 Å². The molecule has 2 rings (SSSR count). The normalized spacial score (nSPS) is 29.1. The molecular formula is C14H26N2O2. The third-order valence-corrected chi connectivity index (χ3v) is 4.65. The van der Waals surface area contributed by atoms with Gasteiger partial charge in [-0.25, -0.2) is 0 Å². The van der Waals surface area contributed by atoms with Crippen LogP contribution in [0.4, 0.5) is 0 Å². The lowest BCUT2D eigenvalue weighted by atomic mass is 9.75. The molecule has 3 N–H and O–H groups in total. The second-order valence-electron chi connectivity index (χ2n) is 5.92. The summed E-state index contributed by atoms with van der Waals surface area (Å²) in [6.45, 7) is 3.57. The van der Waals surface area contributed by atoms with Crippen molar-refractivity contribution in [2.75, 3.05) is 13.2 Å². The Hall–Kier alpha value is -0.610. The quantitative estimate of drug-likeness (QED) is 0.783. The van der Waals surface area contributed by atoms with Crippen LogP contribution in [0.1, 0.15) is 51.9 Å². The van der Waals surface area contributed by atoms with Crippen LogP contribution >= 0.6 is 0 Å². The summed E-state index contributed by atoms with van der Waals surface area (Å²) in [5, 5.41) is 3.41. The van der Waals surface area contributed by atoms with Gasteiger partial charge in [0.1, 0.15) is 0 Å². The van der Waals surface area contributed by atoms with E-state index in [2.05, 4.69) is 5.32 Å². The fraction of sp³-hybridized carbons (Fsp3) is 0.929. The lowest BCUT2D eigenvalue weighted by Gasteiger charge is -2.38. The number of hydrogen-bond acceptors (Lipinski definition) is 3. The van der Waals surface area contributed by atoms with Gasteiger partial charge in [-0.05, 0) is 38.5 Å².